The van der Waals surface area contributed by atoms with E-state index >= 15 is 0 Å². The van der Waals surface area contributed by atoms with Gasteiger partial charge >= 0.3 is 7.82 Å². The minimum absolute atomic E-state index is 0.765. The molecule has 2 rings (SSSR count). The number of ether oxygens (including phenoxy) is 3. The molecule has 0 bridgehead atoms. The van der Waals surface area contributed by atoms with Crippen molar-refractivity contribution in [2.24, 2.45) is 0 Å². The van der Waals surface area contributed by atoms with Crippen LogP contribution in [0.3, 0.4) is 0 Å². The molecule has 14 nitrogen and oxygen atoms in total. The van der Waals surface area contributed by atoms with Crippen LogP contribution in [0, 0.1) is 0 Å². The van der Waals surface area contributed by atoms with Crippen LogP contribution in [0.4, 0.5) is 0 Å². The fourth-order valence-electron chi connectivity index (χ4n) is 2.75. The first-order valence-electron chi connectivity index (χ1n) is 7.82. The van der Waals surface area contributed by atoms with E-state index in [0.717, 1.165) is 0 Å². The standard InChI is InChI=1S/C12H23O14P/c13-1-3-5(15)7(17)9(19)11(23-3)25-12-10(26-27(20,21)22)8(18)6(16)4(2-14)24-12/h3-19H,1-2H2,(H2,20,21,22)/t3-,4-,5-,6-,7+,8+,9-,10-,11?,12?/m1/s1. The molecule has 0 radical (unpaired) electrons. The lowest BCUT2D eigenvalue weighted by molar-refractivity contribution is -0.374. The van der Waals surface area contributed by atoms with Gasteiger partial charge < -0.3 is 59.7 Å². The molecule has 2 aliphatic rings. The predicted octanol–water partition coefficient (Wildman–Crippen LogP) is -5.28. The quantitative estimate of drug-likeness (QED) is 0.182. The molecule has 0 saturated carbocycles. The van der Waals surface area contributed by atoms with Crippen LogP contribution < -0.4 is 0 Å². The zero-order valence-electron chi connectivity index (χ0n) is 13.7. The smallest absolute Gasteiger partial charge is 0.394 e. The predicted molar refractivity (Wildman–Crippen MR) is 79.5 cm³/mol. The van der Waals surface area contributed by atoms with Gasteiger partial charge in [0.05, 0.1) is 13.2 Å². The van der Waals surface area contributed by atoms with Gasteiger partial charge in [0.2, 0.25) is 0 Å². The van der Waals surface area contributed by atoms with Crippen LogP contribution in [0.15, 0.2) is 0 Å². The number of hydrogen-bond donors (Lipinski definition) is 9. The van der Waals surface area contributed by atoms with Crippen LogP contribution in [0.2, 0.25) is 0 Å². The highest BCUT2D eigenvalue weighted by atomic mass is 31.2. The summed E-state index contributed by atoms with van der Waals surface area (Å²) in [6.45, 7) is -1.57. The molecule has 0 aliphatic carbocycles. The summed E-state index contributed by atoms with van der Waals surface area (Å²) >= 11 is 0. The number of aliphatic hydroxyl groups excluding tert-OH is 7. The van der Waals surface area contributed by atoms with E-state index in [1.807, 2.05) is 0 Å². The van der Waals surface area contributed by atoms with Crippen molar-refractivity contribution in [1.82, 2.24) is 0 Å². The highest BCUT2D eigenvalue weighted by Gasteiger charge is 2.51. The maximum atomic E-state index is 11.1. The van der Waals surface area contributed by atoms with Crippen molar-refractivity contribution in [1.29, 1.82) is 0 Å². The van der Waals surface area contributed by atoms with Gasteiger partial charge in [0.25, 0.3) is 0 Å². The Hall–Kier alpha value is -0.290. The number of phosphoric acid groups is 1. The van der Waals surface area contributed by atoms with Gasteiger partial charge in [-0.1, -0.05) is 0 Å². The van der Waals surface area contributed by atoms with Gasteiger partial charge in [-0.05, 0) is 0 Å². The second kappa shape index (κ2) is 9.02. The fourth-order valence-corrected chi connectivity index (χ4v) is 3.29. The van der Waals surface area contributed by atoms with Crippen molar-refractivity contribution < 1.29 is 68.8 Å². The lowest BCUT2D eigenvalue weighted by Gasteiger charge is -2.45. The van der Waals surface area contributed by atoms with Gasteiger partial charge in [-0.15, -0.1) is 0 Å². The Kier molecular flexibility index (Phi) is 7.68. The summed E-state index contributed by atoms with van der Waals surface area (Å²) in [7, 11) is -5.20. The second-order valence-corrected chi connectivity index (χ2v) is 7.29. The highest BCUT2D eigenvalue weighted by Crippen LogP contribution is 2.42. The Morgan fingerprint density at radius 3 is 1.70 bits per heavy atom. The summed E-state index contributed by atoms with van der Waals surface area (Å²) in [5.41, 5.74) is 0. The Balaban J connectivity index is 2.22. The van der Waals surface area contributed by atoms with E-state index in [4.69, 9.17) is 29.1 Å². The zero-order chi connectivity index (χ0) is 20.5. The van der Waals surface area contributed by atoms with Gasteiger partial charge in [-0.2, -0.15) is 0 Å². The lowest BCUT2D eigenvalue weighted by atomic mass is 9.98. The number of hydrogen-bond acceptors (Lipinski definition) is 12. The van der Waals surface area contributed by atoms with Crippen LogP contribution in [0.5, 0.6) is 0 Å². The van der Waals surface area contributed by atoms with E-state index in [9.17, 15) is 35.2 Å². The molecule has 0 amide bonds. The topological polar surface area (TPSA) is 236 Å². The van der Waals surface area contributed by atoms with Gasteiger partial charge in [-0.3, -0.25) is 4.52 Å². The highest BCUT2D eigenvalue weighted by molar-refractivity contribution is 7.46. The van der Waals surface area contributed by atoms with Gasteiger partial charge in [0.1, 0.15) is 48.8 Å². The largest absolute Gasteiger partial charge is 0.470 e. The molecule has 2 heterocycles. The van der Waals surface area contributed by atoms with Crippen molar-refractivity contribution in [3.05, 3.63) is 0 Å². The van der Waals surface area contributed by atoms with Crippen LogP contribution in [0.25, 0.3) is 0 Å². The average Bonchev–Trinajstić information content (AvgIpc) is 2.60. The summed E-state index contributed by atoms with van der Waals surface area (Å²) in [4.78, 5) is 18.0. The monoisotopic (exact) mass is 422 g/mol. The Morgan fingerprint density at radius 1 is 0.741 bits per heavy atom. The van der Waals surface area contributed by atoms with E-state index < -0.39 is 82.4 Å². The summed E-state index contributed by atoms with van der Waals surface area (Å²) in [5, 5.41) is 67.6. The van der Waals surface area contributed by atoms with Crippen molar-refractivity contribution in [2.45, 2.75) is 61.4 Å². The van der Waals surface area contributed by atoms with E-state index in [1.54, 1.807) is 0 Å². The van der Waals surface area contributed by atoms with E-state index in [2.05, 4.69) is 4.52 Å². The molecular weight excluding hydrogens is 399 g/mol. The van der Waals surface area contributed by atoms with Crippen molar-refractivity contribution in [2.75, 3.05) is 13.2 Å². The molecule has 2 fully saturated rings. The van der Waals surface area contributed by atoms with Crippen molar-refractivity contribution >= 4 is 7.82 Å². The molecule has 2 unspecified atom stereocenters. The number of aliphatic hydroxyl groups is 7. The maximum Gasteiger partial charge on any atom is 0.470 e. The molecule has 2 aliphatic heterocycles. The average molecular weight is 422 g/mol. The van der Waals surface area contributed by atoms with Crippen molar-refractivity contribution in [3.63, 3.8) is 0 Å². The minimum Gasteiger partial charge on any atom is -0.394 e. The Labute approximate surface area is 152 Å². The van der Waals surface area contributed by atoms with E-state index in [1.165, 1.54) is 0 Å². The molecule has 15 heteroatoms. The van der Waals surface area contributed by atoms with Crippen LogP contribution in [-0.4, -0.2) is 120 Å². The molecule has 0 spiro atoms. The number of rotatable bonds is 6. The molecule has 27 heavy (non-hydrogen) atoms. The first-order valence-corrected chi connectivity index (χ1v) is 9.35. The normalized spacial score (nSPS) is 46.4. The van der Waals surface area contributed by atoms with Gasteiger partial charge in [0.15, 0.2) is 12.6 Å². The molecular formula is C12H23O14P. The first kappa shape index (κ1) is 23.0. The maximum absolute atomic E-state index is 11.1. The van der Waals surface area contributed by atoms with Crippen LogP contribution in [-0.2, 0) is 23.3 Å². The Bertz CT molecular complexity index is 526. The Morgan fingerprint density at radius 2 is 1.22 bits per heavy atom. The van der Waals surface area contributed by atoms with Crippen LogP contribution >= 0.6 is 7.82 Å². The minimum atomic E-state index is -5.20. The van der Waals surface area contributed by atoms with Crippen molar-refractivity contribution in [3.8, 4) is 0 Å². The first-order chi connectivity index (χ1) is 12.5. The summed E-state index contributed by atoms with van der Waals surface area (Å²) in [5.74, 6) is 0. The fraction of sp³-hybridized carbons (Fsp3) is 1.00. The molecule has 160 valence electrons. The lowest BCUT2D eigenvalue weighted by Crippen LogP contribution is -2.64. The van der Waals surface area contributed by atoms with Gasteiger partial charge in [-0.25, -0.2) is 4.57 Å². The third-order valence-corrected chi connectivity index (χ3v) is 4.72. The summed E-state index contributed by atoms with van der Waals surface area (Å²) in [6.07, 6.45) is -17.6. The molecule has 9 N–H and O–H groups in total. The van der Waals surface area contributed by atoms with Crippen LogP contribution in [0.1, 0.15) is 0 Å². The van der Waals surface area contributed by atoms with E-state index in [0.29, 0.717) is 0 Å². The van der Waals surface area contributed by atoms with Gasteiger partial charge in [0, 0.05) is 0 Å². The number of phosphoric ester groups is 1. The molecule has 10 atom stereocenters. The SMILES string of the molecule is O=P(O)(O)O[C@H]1C(OC2O[C@H](CO)[C@@H](O)[C@H](O)[C@H]2O)O[C@H](CO)[C@@H](O)[C@@H]1O. The molecule has 2 saturated heterocycles. The molecule has 0 aromatic carbocycles. The zero-order valence-corrected chi connectivity index (χ0v) is 14.6. The summed E-state index contributed by atoms with van der Waals surface area (Å²) in [6, 6.07) is 0. The third kappa shape index (κ3) is 5.20. The molecule has 0 aromatic rings. The summed E-state index contributed by atoms with van der Waals surface area (Å²) < 4.78 is 30.9. The van der Waals surface area contributed by atoms with E-state index in [-0.39, 0.29) is 0 Å². The second-order valence-electron chi connectivity index (χ2n) is 6.10. The third-order valence-electron chi connectivity index (χ3n) is 4.20. The molecule has 0 aromatic heterocycles.